The smallest absolute Gasteiger partial charge is 0.253 e. The van der Waals surface area contributed by atoms with Crippen LogP contribution in [0.4, 0.5) is 0 Å². The van der Waals surface area contributed by atoms with Gasteiger partial charge >= 0.3 is 0 Å². The van der Waals surface area contributed by atoms with E-state index in [2.05, 4.69) is 80.4 Å². The molecule has 0 saturated heterocycles. The van der Waals surface area contributed by atoms with Gasteiger partial charge in [0, 0.05) is 68.5 Å². The summed E-state index contributed by atoms with van der Waals surface area (Å²) in [6.07, 6.45) is 5.49. The highest BCUT2D eigenvalue weighted by atomic mass is 16.1. The van der Waals surface area contributed by atoms with E-state index < -0.39 is 0 Å². The van der Waals surface area contributed by atoms with Crippen LogP contribution < -0.4 is 5.32 Å². The number of carbonyl (C=O) groups is 1. The first kappa shape index (κ1) is 22.1. The molecule has 2 aromatic heterocycles. The van der Waals surface area contributed by atoms with Gasteiger partial charge in [0.05, 0.1) is 5.56 Å². The summed E-state index contributed by atoms with van der Waals surface area (Å²) in [5, 5.41) is 2.99. The molecule has 0 spiro atoms. The number of pyridine rings is 1. The first-order chi connectivity index (χ1) is 16.8. The number of nitrogens with one attached hydrogen (secondary N) is 1. The second-order valence-corrected chi connectivity index (χ2v) is 8.82. The largest absolute Gasteiger partial charge is 0.352 e. The summed E-state index contributed by atoms with van der Waals surface area (Å²) in [4.78, 5) is 19.2. The van der Waals surface area contributed by atoms with Crippen molar-refractivity contribution in [2.24, 2.45) is 0 Å². The van der Waals surface area contributed by atoms with Gasteiger partial charge in [0.25, 0.3) is 5.91 Å². The Balaban J connectivity index is 1.36. The van der Waals surface area contributed by atoms with E-state index in [1.165, 1.54) is 11.1 Å². The lowest BCUT2D eigenvalue weighted by atomic mass is 10.1. The normalized spacial score (nSPS) is 13.0. The third kappa shape index (κ3) is 5.10. The highest BCUT2D eigenvalue weighted by Gasteiger charge is 2.24. The fourth-order valence-electron chi connectivity index (χ4n) is 4.81. The monoisotopic (exact) mass is 450 g/mol. The van der Waals surface area contributed by atoms with Crippen LogP contribution in [0.1, 0.15) is 33.6 Å². The molecule has 0 fully saturated rings. The summed E-state index contributed by atoms with van der Waals surface area (Å²) in [6.45, 7) is 4.37. The van der Waals surface area contributed by atoms with Crippen molar-refractivity contribution < 1.29 is 4.79 Å². The summed E-state index contributed by atoms with van der Waals surface area (Å²) in [7, 11) is 0. The quantitative estimate of drug-likeness (QED) is 0.393. The van der Waals surface area contributed by atoms with Gasteiger partial charge in [-0.2, -0.15) is 0 Å². The second-order valence-electron chi connectivity index (χ2n) is 8.82. The molecule has 1 amide bonds. The lowest BCUT2D eigenvalue weighted by Gasteiger charge is -2.24. The predicted molar refractivity (Wildman–Crippen MR) is 135 cm³/mol. The standard InChI is InChI=1S/C29H30N4O/c34-29-26-20-28(25-12-15-30-16-13-25)33(27(26)14-17-31-29)19-7-18-32(21-23-8-3-1-4-9-23)22-24-10-5-2-6-11-24/h1-6,8-13,15-16,20H,7,14,17-19,21-22H2,(H,31,34). The van der Waals surface area contributed by atoms with Crippen molar-refractivity contribution in [2.45, 2.75) is 32.5 Å². The first-order valence-electron chi connectivity index (χ1n) is 12.0. The number of nitrogens with zero attached hydrogens (tertiary/aromatic N) is 3. The van der Waals surface area contributed by atoms with Gasteiger partial charge in [0.15, 0.2) is 0 Å². The Hall–Kier alpha value is -3.70. The molecule has 0 saturated carbocycles. The first-order valence-corrected chi connectivity index (χ1v) is 12.0. The minimum absolute atomic E-state index is 0.0325. The lowest BCUT2D eigenvalue weighted by Crippen LogP contribution is -2.32. The van der Waals surface area contributed by atoms with Crippen molar-refractivity contribution in [3.63, 3.8) is 0 Å². The Kier molecular flexibility index (Phi) is 6.82. The SMILES string of the molecule is O=C1NCCc2c1cc(-c1ccncc1)n2CCCN(Cc1ccccc1)Cc1ccccc1. The average Bonchev–Trinajstić information content (AvgIpc) is 3.26. The Morgan fingerprint density at radius 3 is 2.18 bits per heavy atom. The van der Waals surface area contributed by atoms with Crippen LogP contribution in [-0.2, 0) is 26.1 Å². The van der Waals surface area contributed by atoms with Crippen LogP contribution in [0.5, 0.6) is 0 Å². The van der Waals surface area contributed by atoms with Gasteiger partial charge in [-0.1, -0.05) is 60.7 Å². The molecule has 5 rings (SSSR count). The number of hydrogen-bond acceptors (Lipinski definition) is 3. The number of fused-ring (bicyclic) bond motifs is 1. The number of benzene rings is 2. The van der Waals surface area contributed by atoms with E-state index in [0.29, 0.717) is 6.54 Å². The van der Waals surface area contributed by atoms with Crippen molar-refractivity contribution in [1.82, 2.24) is 19.8 Å². The van der Waals surface area contributed by atoms with Crippen LogP contribution in [-0.4, -0.2) is 33.4 Å². The fraction of sp³-hybridized carbons (Fsp3) is 0.241. The van der Waals surface area contributed by atoms with E-state index in [0.717, 1.165) is 61.5 Å². The molecule has 3 heterocycles. The van der Waals surface area contributed by atoms with E-state index in [-0.39, 0.29) is 5.91 Å². The Morgan fingerprint density at radius 2 is 1.53 bits per heavy atom. The number of rotatable bonds is 9. The zero-order chi connectivity index (χ0) is 23.2. The molecule has 4 aromatic rings. The third-order valence-electron chi connectivity index (χ3n) is 6.43. The molecule has 1 N–H and O–H groups in total. The summed E-state index contributed by atoms with van der Waals surface area (Å²) in [5.41, 5.74) is 6.80. The molecular formula is C29H30N4O. The topological polar surface area (TPSA) is 50.2 Å². The third-order valence-corrected chi connectivity index (χ3v) is 6.43. The Labute approximate surface area is 201 Å². The number of carbonyl (C=O) groups excluding carboxylic acids is 1. The van der Waals surface area contributed by atoms with E-state index in [4.69, 9.17) is 0 Å². The van der Waals surface area contributed by atoms with Crippen LogP contribution >= 0.6 is 0 Å². The summed E-state index contributed by atoms with van der Waals surface area (Å²) in [5.74, 6) is 0.0325. The molecule has 5 heteroatoms. The molecule has 34 heavy (non-hydrogen) atoms. The van der Waals surface area contributed by atoms with Crippen molar-refractivity contribution in [1.29, 1.82) is 0 Å². The van der Waals surface area contributed by atoms with E-state index >= 15 is 0 Å². The average molecular weight is 451 g/mol. The van der Waals surface area contributed by atoms with Crippen LogP contribution in [0, 0.1) is 0 Å². The summed E-state index contributed by atoms with van der Waals surface area (Å²) >= 11 is 0. The zero-order valence-electron chi connectivity index (χ0n) is 19.4. The van der Waals surface area contributed by atoms with Crippen molar-refractivity contribution in [3.8, 4) is 11.3 Å². The van der Waals surface area contributed by atoms with Gasteiger partial charge in [-0.3, -0.25) is 14.7 Å². The maximum atomic E-state index is 12.5. The number of hydrogen-bond donors (Lipinski definition) is 1. The van der Waals surface area contributed by atoms with E-state index in [9.17, 15) is 4.79 Å². The van der Waals surface area contributed by atoms with E-state index in [1.807, 2.05) is 30.6 Å². The number of aromatic nitrogens is 2. The summed E-state index contributed by atoms with van der Waals surface area (Å²) < 4.78 is 2.35. The van der Waals surface area contributed by atoms with Crippen molar-refractivity contribution >= 4 is 5.91 Å². The van der Waals surface area contributed by atoms with Crippen molar-refractivity contribution in [3.05, 3.63) is 114 Å². The molecule has 0 atom stereocenters. The molecule has 5 nitrogen and oxygen atoms in total. The number of amides is 1. The molecular weight excluding hydrogens is 420 g/mol. The highest BCUT2D eigenvalue weighted by Crippen LogP contribution is 2.28. The van der Waals surface area contributed by atoms with Crippen LogP contribution in [0.2, 0.25) is 0 Å². The molecule has 2 aromatic carbocycles. The van der Waals surface area contributed by atoms with Gasteiger partial charge in [0.1, 0.15) is 0 Å². The predicted octanol–water partition coefficient (Wildman–Crippen LogP) is 4.93. The maximum Gasteiger partial charge on any atom is 0.253 e. The van der Waals surface area contributed by atoms with Gasteiger partial charge in [-0.15, -0.1) is 0 Å². The van der Waals surface area contributed by atoms with E-state index in [1.54, 1.807) is 0 Å². The summed E-state index contributed by atoms with van der Waals surface area (Å²) in [6, 6.07) is 27.4. The maximum absolute atomic E-state index is 12.5. The fourth-order valence-corrected chi connectivity index (χ4v) is 4.81. The van der Waals surface area contributed by atoms with Crippen LogP contribution in [0.3, 0.4) is 0 Å². The molecule has 1 aliphatic heterocycles. The minimum atomic E-state index is 0.0325. The lowest BCUT2D eigenvalue weighted by molar-refractivity contribution is 0.0945. The van der Waals surface area contributed by atoms with Crippen molar-refractivity contribution in [2.75, 3.05) is 13.1 Å². The Bertz CT molecular complexity index is 1180. The van der Waals surface area contributed by atoms with Gasteiger partial charge in [-0.05, 0) is 35.7 Å². The second kappa shape index (κ2) is 10.5. The molecule has 0 unspecified atom stereocenters. The molecule has 1 aliphatic rings. The molecule has 0 bridgehead atoms. The molecule has 0 radical (unpaired) electrons. The highest BCUT2D eigenvalue weighted by molar-refractivity contribution is 5.98. The van der Waals surface area contributed by atoms with Crippen LogP contribution in [0.25, 0.3) is 11.3 Å². The van der Waals surface area contributed by atoms with Gasteiger partial charge < -0.3 is 9.88 Å². The van der Waals surface area contributed by atoms with Gasteiger partial charge in [-0.25, -0.2) is 0 Å². The minimum Gasteiger partial charge on any atom is -0.352 e. The van der Waals surface area contributed by atoms with Gasteiger partial charge in [0.2, 0.25) is 0 Å². The zero-order valence-corrected chi connectivity index (χ0v) is 19.4. The Morgan fingerprint density at radius 1 is 0.882 bits per heavy atom. The molecule has 0 aliphatic carbocycles. The van der Waals surface area contributed by atoms with Crippen LogP contribution in [0.15, 0.2) is 91.3 Å². The molecule has 172 valence electrons.